The van der Waals surface area contributed by atoms with E-state index in [4.69, 9.17) is 11.6 Å². The first kappa shape index (κ1) is 15.2. The Labute approximate surface area is 135 Å². The van der Waals surface area contributed by atoms with Crippen LogP contribution in [0.1, 0.15) is 10.5 Å². The fraction of sp³-hybridized carbons (Fsp3) is 0. The largest absolute Gasteiger partial charge is 0.318 e. The van der Waals surface area contributed by atoms with Crippen molar-refractivity contribution >= 4 is 23.2 Å². The Hall–Kier alpha value is -2.73. The number of benzene rings is 2. The fourth-order valence-corrected chi connectivity index (χ4v) is 2.21. The molecular weight excluding hydrogens is 324 g/mol. The molecule has 1 heterocycles. The van der Waals surface area contributed by atoms with E-state index in [0.29, 0.717) is 10.7 Å². The second kappa shape index (κ2) is 6.18. The van der Waals surface area contributed by atoms with E-state index in [0.717, 1.165) is 23.8 Å². The van der Waals surface area contributed by atoms with Gasteiger partial charge in [0.1, 0.15) is 17.3 Å². The first-order valence-electron chi connectivity index (χ1n) is 6.61. The van der Waals surface area contributed by atoms with Crippen LogP contribution < -0.4 is 5.32 Å². The highest BCUT2D eigenvalue weighted by Gasteiger charge is 2.14. The Bertz CT molecular complexity index is 879. The number of halogens is 3. The van der Waals surface area contributed by atoms with Gasteiger partial charge < -0.3 is 5.32 Å². The summed E-state index contributed by atoms with van der Waals surface area (Å²) in [6.07, 6.45) is 0. The number of nitrogens with zero attached hydrogens (tertiary/aromatic N) is 1. The van der Waals surface area contributed by atoms with Crippen molar-refractivity contribution in [1.29, 1.82) is 0 Å². The second-order valence-corrected chi connectivity index (χ2v) is 5.19. The molecule has 116 valence electrons. The van der Waals surface area contributed by atoms with Gasteiger partial charge in [-0.15, -0.1) is 0 Å². The summed E-state index contributed by atoms with van der Waals surface area (Å²) in [6, 6.07) is 11.3. The molecule has 0 fully saturated rings. The van der Waals surface area contributed by atoms with E-state index >= 15 is 0 Å². The molecule has 0 saturated carbocycles. The van der Waals surface area contributed by atoms with Gasteiger partial charge in [0.15, 0.2) is 0 Å². The van der Waals surface area contributed by atoms with Crippen molar-refractivity contribution in [3.63, 3.8) is 0 Å². The molecule has 0 bridgehead atoms. The van der Waals surface area contributed by atoms with Gasteiger partial charge in [-0.1, -0.05) is 23.7 Å². The molecule has 1 aromatic heterocycles. The third-order valence-electron chi connectivity index (χ3n) is 3.12. The van der Waals surface area contributed by atoms with E-state index in [1.807, 2.05) is 0 Å². The first-order chi connectivity index (χ1) is 11.0. The number of H-pyrrole nitrogens is 1. The molecule has 4 nitrogen and oxygen atoms in total. The van der Waals surface area contributed by atoms with Crippen LogP contribution in [0, 0.1) is 11.6 Å². The van der Waals surface area contributed by atoms with Gasteiger partial charge in [-0.2, -0.15) is 5.10 Å². The molecule has 0 aliphatic heterocycles. The second-order valence-electron chi connectivity index (χ2n) is 4.76. The third-order valence-corrected chi connectivity index (χ3v) is 3.35. The maximum absolute atomic E-state index is 13.5. The highest BCUT2D eigenvalue weighted by Crippen LogP contribution is 2.22. The van der Waals surface area contributed by atoms with Gasteiger partial charge >= 0.3 is 0 Å². The SMILES string of the molecule is O=C(Nc1cc(F)ccc1F)c1cc(-c2cccc(Cl)c2)n[nH]1. The van der Waals surface area contributed by atoms with Gasteiger partial charge in [0.05, 0.1) is 11.4 Å². The maximum atomic E-state index is 13.5. The molecule has 7 heteroatoms. The Morgan fingerprint density at radius 2 is 1.96 bits per heavy atom. The molecule has 1 amide bonds. The Kier molecular flexibility index (Phi) is 4.08. The molecule has 3 aromatic rings. The number of nitrogens with one attached hydrogen (secondary N) is 2. The number of anilines is 1. The minimum Gasteiger partial charge on any atom is -0.318 e. The van der Waals surface area contributed by atoms with Gasteiger partial charge in [0.25, 0.3) is 5.91 Å². The molecule has 2 aromatic carbocycles. The van der Waals surface area contributed by atoms with Gasteiger partial charge in [-0.3, -0.25) is 9.89 Å². The zero-order valence-corrected chi connectivity index (χ0v) is 12.4. The van der Waals surface area contributed by atoms with Crippen molar-refractivity contribution < 1.29 is 13.6 Å². The molecule has 0 aliphatic carbocycles. The quantitative estimate of drug-likeness (QED) is 0.752. The predicted octanol–water partition coefficient (Wildman–Crippen LogP) is 4.26. The van der Waals surface area contributed by atoms with Gasteiger partial charge in [-0.05, 0) is 30.3 Å². The molecule has 0 unspecified atom stereocenters. The van der Waals surface area contributed by atoms with Crippen molar-refractivity contribution in [2.75, 3.05) is 5.32 Å². The van der Waals surface area contributed by atoms with Gasteiger partial charge in [0.2, 0.25) is 0 Å². The minimum atomic E-state index is -0.727. The molecule has 0 radical (unpaired) electrons. The fourth-order valence-electron chi connectivity index (χ4n) is 2.02. The number of rotatable bonds is 3. The van der Waals surface area contributed by atoms with Crippen LogP contribution in [0.2, 0.25) is 5.02 Å². The van der Waals surface area contributed by atoms with Crippen LogP contribution in [0.3, 0.4) is 0 Å². The molecule has 23 heavy (non-hydrogen) atoms. The zero-order valence-electron chi connectivity index (χ0n) is 11.6. The Morgan fingerprint density at radius 1 is 1.13 bits per heavy atom. The molecular formula is C16H10ClF2N3O. The summed E-state index contributed by atoms with van der Waals surface area (Å²) >= 11 is 5.91. The summed E-state index contributed by atoms with van der Waals surface area (Å²) in [6.45, 7) is 0. The molecule has 2 N–H and O–H groups in total. The minimum absolute atomic E-state index is 0.114. The predicted molar refractivity (Wildman–Crippen MR) is 83.3 cm³/mol. The summed E-state index contributed by atoms with van der Waals surface area (Å²) in [5.41, 5.74) is 1.11. The lowest BCUT2D eigenvalue weighted by Crippen LogP contribution is -2.13. The van der Waals surface area contributed by atoms with E-state index < -0.39 is 17.5 Å². The number of carbonyl (C=O) groups is 1. The highest BCUT2D eigenvalue weighted by molar-refractivity contribution is 6.30. The number of hydrogen-bond acceptors (Lipinski definition) is 2. The van der Waals surface area contributed by atoms with E-state index in [9.17, 15) is 13.6 Å². The van der Waals surface area contributed by atoms with Crippen molar-refractivity contribution in [1.82, 2.24) is 10.2 Å². The lowest BCUT2D eigenvalue weighted by Gasteiger charge is -2.04. The summed E-state index contributed by atoms with van der Waals surface area (Å²) < 4.78 is 26.7. The van der Waals surface area contributed by atoms with Crippen molar-refractivity contribution in [3.8, 4) is 11.3 Å². The Morgan fingerprint density at radius 3 is 2.74 bits per heavy atom. The third kappa shape index (κ3) is 3.37. The molecule has 0 saturated heterocycles. The standard InChI is InChI=1S/C16H10ClF2N3O/c17-10-3-1-2-9(6-10)13-8-15(22-21-13)16(23)20-14-7-11(18)4-5-12(14)19/h1-8H,(H,20,23)(H,21,22). The van der Waals surface area contributed by atoms with Crippen LogP contribution in [0.4, 0.5) is 14.5 Å². The first-order valence-corrected chi connectivity index (χ1v) is 6.98. The van der Waals surface area contributed by atoms with Crippen molar-refractivity contribution in [2.45, 2.75) is 0 Å². The van der Waals surface area contributed by atoms with E-state index in [2.05, 4.69) is 15.5 Å². The van der Waals surface area contributed by atoms with E-state index in [1.165, 1.54) is 6.07 Å². The normalized spacial score (nSPS) is 10.6. The summed E-state index contributed by atoms with van der Waals surface area (Å²) in [5.74, 6) is -2.00. The lowest BCUT2D eigenvalue weighted by atomic mass is 10.1. The van der Waals surface area contributed by atoms with Gasteiger partial charge in [0, 0.05) is 16.7 Å². The van der Waals surface area contributed by atoms with Crippen LogP contribution in [0.25, 0.3) is 11.3 Å². The average molecular weight is 334 g/mol. The maximum Gasteiger partial charge on any atom is 0.273 e. The number of carbonyl (C=O) groups excluding carboxylic acids is 1. The van der Waals surface area contributed by atoms with Crippen molar-refractivity contribution in [2.24, 2.45) is 0 Å². The topological polar surface area (TPSA) is 57.8 Å². The molecule has 3 rings (SSSR count). The monoisotopic (exact) mass is 333 g/mol. The molecule has 0 atom stereocenters. The number of hydrogen-bond donors (Lipinski definition) is 2. The summed E-state index contributed by atoms with van der Waals surface area (Å²) in [5, 5.41) is 9.41. The number of aromatic amines is 1. The lowest BCUT2D eigenvalue weighted by molar-refractivity contribution is 0.102. The van der Waals surface area contributed by atoms with Crippen molar-refractivity contribution in [3.05, 3.63) is 70.9 Å². The summed E-state index contributed by atoms with van der Waals surface area (Å²) in [4.78, 5) is 12.1. The van der Waals surface area contributed by atoms with E-state index in [-0.39, 0.29) is 11.4 Å². The zero-order chi connectivity index (χ0) is 16.4. The van der Waals surface area contributed by atoms with Gasteiger partial charge in [-0.25, -0.2) is 8.78 Å². The van der Waals surface area contributed by atoms with Crippen LogP contribution in [0.5, 0.6) is 0 Å². The average Bonchev–Trinajstić information content (AvgIpc) is 3.01. The highest BCUT2D eigenvalue weighted by atomic mass is 35.5. The molecule has 0 spiro atoms. The van der Waals surface area contributed by atoms with Crippen LogP contribution in [-0.4, -0.2) is 16.1 Å². The van der Waals surface area contributed by atoms with E-state index in [1.54, 1.807) is 24.3 Å². The van der Waals surface area contributed by atoms with Crippen LogP contribution in [0.15, 0.2) is 48.5 Å². The summed E-state index contributed by atoms with van der Waals surface area (Å²) in [7, 11) is 0. The smallest absolute Gasteiger partial charge is 0.273 e. The van der Waals surface area contributed by atoms with Crippen LogP contribution >= 0.6 is 11.6 Å². The number of amides is 1. The van der Waals surface area contributed by atoms with Crippen LogP contribution in [-0.2, 0) is 0 Å². The Balaban J connectivity index is 1.82. The molecule has 0 aliphatic rings. The number of aromatic nitrogens is 2.